The molecule has 2 aliphatic rings. The van der Waals surface area contributed by atoms with Gasteiger partial charge in [-0.05, 0) is 87.2 Å². The topological polar surface area (TPSA) is 68.7 Å². The molecule has 0 atom stereocenters. The van der Waals surface area contributed by atoms with Gasteiger partial charge in [-0.15, -0.1) is 0 Å². The molecular formula is C29H34N6O. The van der Waals surface area contributed by atoms with E-state index in [0.29, 0.717) is 0 Å². The number of nitrogens with one attached hydrogen (secondary N) is 2. The van der Waals surface area contributed by atoms with Crippen molar-refractivity contribution < 1.29 is 0 Å². The number of hydrogen-bond donors (Lipinski definition) is 2. The molecule has 0 amide bonds. The first-order valence-corrected chi connectivity index (χ1v) is 13.2. The van der Waals surface area contributed by atoms with Gasteiger partial charge in [-0.25, -0.2) is 4.98 Å². The van der Waals surface area contributed by atoms with E-state index in [9.17, 15) is 4.79 Å². The maximum absolute atomic E-state index is 11.8. The lowest BCUT2D eigenvalue weighted by Crippen LogP contribution is -2.47. The van der Waals surface area contributed by atoms with Crippen LogP contribution in [0.1, 0.15) is 32.6 Å². The molecule has 0 saturated carbocycles. The number of piperidine rings is 2. The molecule has 2 saturated heterocycles. The van der Waals surface area contributed by atoms with Crippen molar-refractivity contribution in [1.29, 1.82) is 0 Å². The lowest BCUT2D eigenvalue weighted by atomic mass is 9.95. The largest absolute Gasteiger partial charge is 0.371 e. The molecule has 3 aromatic heterocycles. The summed E-state index contributed by atoms with van der Waals surface area (Å²) in [7, 11) is 0. The second kappa shape index (κ2) is 9.82. The number of benzene rings is 1. The number of aromatic amines is 1. The molecule has 2 fully saturated rings. The highest BCUT2D eigenvalue weighted by atomic mass is 16.1. The molecule has 0 unspecified atom stereocenters. The standard InChI is InChI=1S/C29H34N6O/c1-21-9-15-33(16-10-21)25-11-17-34(18-12-25)24-4-2-23(3-5-24)32-26-6-7-27(35-19-14-31-29(26)35)22-8-13-30-28(36)20-22/h2-8,13-14,19-21,25,32H,9-12,15-18H2,1H3,(H,30,36). The van der Waals surface area contributed by atoms with Crippen LogP contribution >= 0.6 is 0 Å². The number of imidazole rings is 1. The Labute approximate surface area is 211 Å². The van der Waals surface area contributed by atoms with Crippen LogP contribution in [-0.2, 0) is 0 Å². The van der Waals surface area contributed by atoms with Crippen LogP contribution in [0, 0.1) is 5.92 Å². The molecule has 2 aliphatic heterocycles. The summed E-state index contributed by atoms with van der Waals surface area (Å²) in [5.41, 5.74) is 5.75. The van der Waals surface area contributed by atoms with Crippen molar-refractivity contribution in [3.8, 4) is 11.3 Å². The fourth-order valence-electron chi connectivity index (χ4n) is 5.75. The molecule has 4 aromatic rings. The number of nitrogens with zero attached hydrogens (tertiary/aromatic N) is 4. The van der Waals surface area contributed by atoms with Crippen LogP contribution in [0.25, 0.3) is 16.9 Å². The number of aromatic nitrogens is 3. The molecule has 7 heteroatoms. The summed E-state index contributed by atoms with van der Waals surface area (Å²) < 4.78 is 2.01. The third kappa shape index (κ3) is 4.63. The number of pyridine rings is 2. The highest BCUT2D eigenvalue weighted by Gasteiger charge is 2.27. The van der Waals surface area contributed by atoms with E-state index in [4.69, 9.17) is 0 Å². The second-order valence-corrected chi connectivity index (χ2v) is 10.3. The van der Waals surface area contributed by atoms with E-state index < -0.39 is 0 Å². The summed E-state index contributed by atoms with van der Waals surface area (Å²) in [6, 6.07) is 17.1. The summed E-state index contributed by atoms with van der Waals surface area (Å²) >= 11 is 0. The van der Waals surface area contributed by atoms with Gasteiger partial charge in [-0.2, -0.15) is 0 Å². The normalized spacial score (nSPS) is 18.1. The van der Waals surface area contributed by atoms with Crippen molar-refractivity contribution >= 4 is 22.7 Å². The van der Waals surface area contributed by atoms with Crippen LogP contribution < -0.4 is 15.8 Å². The Balaban J connectivity index is 1.13. The maximum Gasteiger partial charge on any atom is 0.248 e. The van der Waals surface area contributed by atoms with Crippen molar-refractivity contribution in [2.45, 2.75) is 38.6 Å². The molecule has 186 valence electrons. The highest BCUT2D eigenvalue weighted by Crippen LogP contribution is 2.30. The molecule has 36 heavy (non-hydrogen) atoms. The number of likely N-dealkylation sites (tertiary alicyclic amines) is 1. The van der Waals surface area contributed by atoms with Crippen LogP contribution in [0.4, 0.5) is 17.1 Å². The molecule has 5 heterocycles. The van der Waals surface area contributed by atoms with E-state index in [1.54, 1.807) is 18.5 Å². The Bertz CT molecular complexity index is 1370. The monoisotopic (exact) mass is 482 g/mol. The zero-order valence-electron chi connectivity index (χ0n) is 20.9. The molecule has 0 radical (unpaired) electrons. The van der Waals surface area contributed by atoms with Gasteiger partial charge in [0.15, 0.2) is 5.65 Å². The Morgan fingerprint density at radius 3 is 2.47 bits per heavy atom. The predicted octanol–water partition coefficient (Wildman–Crippen LogP) is 5.13. The number of fused-ring (bicyclic) bond motifs is 1. The second-order valence-electron chi connectivity index (χ2n) is 10.3. The maximum atomic E-state index is 11.8. The fourth-order valence-corrected chi connectivity index (χ4v) is 5.75. The summed E-state index contributed by atoms with van der Waals surface area (Å²) in [6.07, 6.45) is 10.6. The first-order valence-electron chi connectivity index (χ1n) is 13.2. The molecule has 7 nitrogen and oxygen atoms in total. The quantitative estimate of drug-likeness (QED) is 0.413. The predicted molar refractivity (Wildman–Crippen MR) is 146 cm³/mol. The van der Waals surface area contributed by atoms with Crippen molar-refractivity contribution in [3.05, 3.63) is 77.5 Å². The Morgan fingerprint density at radius 2 is 1.72 bits per heavy atom. The zero-order chi connectivity index (χ0) is 24.5. The van der Waals surface area contributed by atoms with Gasteiger partial charge in [0.2, 0.25) is 5.56 Å². The lowest BCUT2D eigenvalue weighted by molar-refractivity contribution is 0.120. The van der Waals surface area contributed by atoms with Gasteiger partial charge in [0.1, 0.15) is 0 Å². The van der Waals surface area contributed by atoms with Crippen LogP contribution in [0.15, 0.2) is 71.9 Å². The zero-order valence-corrected chi connectivity index (χ0v) is 20.9. The van der Waals surface area contributed by atoms with E-state index in [-0.39, 0.29) is 5.56 Å². The van der Waals surface area contributed by atoms with E-state index >= 15 is 0 Å². The van der Waals surface area contributed by atoms with Gasteiger partial charge < -0.3 is 20.1 Å². The summed E-state index contributed by atoms with van der Waals surface area (Å²) in [6.45, 7) is 7.20. The third-order valence-electron chi connectivity index (χ3n) is 7.93. The third-order valence-corrected chi connectivity index (χ3v) is 7.93. The van der Waals surface area contributed by atoms with Gasteiger partial charge in [-0.1, -0.05) is 6.92 Å². The first-order chi connectivity index (χ1) is 17.6. The highest BCUT2D eigenvalue weighted by molar-refractivity contribution is 5.78. The van der Waals surface area contributed by atoms with Gasteiger partial charge in [0, 0.05) is 60.7 Å². The Morgan fingerprint density at radius 1 is 0.944 bits per heavy atom. The molecule has 0 spiro atoms. The van der Waals surface area contributed by atoms with Crippen LogP contribution in [0.5, 0.6) is 0 Å². The molecule has 2 N–H and O–H groups in total. The number of rotatable bonds is 5. The minimum absolute atomic E-state index is 0.117. The van der Waals surface area contributed by atoms with Crippen molar-refractivity contribution in [3.63, 3.8) is 0 Å². The van der Waals surface area contributed by atoms with Gasteiger partial charge >= 0.3 is 0 Å². The van der Waals surface area contributed by atoms with E-state index in [0.717, 1.165) is 53.3 Å². The van der Waals surface area contributed by atoms with Gasteiger partial charge in [-0.3, -0.25) is 9.20 Å². The fraction of sp³-hybridized carbons (Fsp3) is 0.379. The van der Waals surface area contributed by atoms with E-state index in [2.05, 4.69) is 56.3 Å². The summed E-state index contributed by atoms with van der Waals surface area (Å²) in [5, 5.41) is 3.53. The number of hydrogen-bond acceptors (Lipinski definition) is 5. The number of H-pyrrole nitrogens is 1. The number of anilines is 3. The average molecular weight is 483 g/mol. The van der Waals surface area contributed by atoms with Crippen molar-refractivity contribution in [2.24, 2.45) is 5.92 Å². The summed E-state index contributed by atoms with van der Waals surface area (Å²) in [5.74, 6) is 0.894. The van der Waals surface area contributed by atoms with Crippen LogP contribution in [0.3, 0.4) is 0 Å². The van der Waals surface area contributed by atoms with Crippen LogP contribution in [0.2, 0.25) is 0 Å². The van der Waals surface area contributed by atoms with Gasteiger partial charge in [0.25, 0.3) is 0 Å². The SMILES string of the molecule is CC1CCN(C2CCN(c3ccc(Nc4ccc(-c5cc[nH]c(=O)c5)n5ccnc45)cc3)CC2)CC1. The molecule has 0 aliphatic carbocycles. The molecular weight excluding hydrogens is 448 g/mol. The van der Waals surface area contributed by atoms with E-state index in [1.165, 1.54) is 44.5 Å². The van der Waals surface area contributed by atoms with Gasteiger partial charge in [0.05, 0.1) is 11.4 Å². The molecule has 1 aromatic carbocycles. The van der Waals surface area contributed by atoms with Crippen molar-refractivity contribution in [2.75, 3.05) is 36.4 Å². The Kier molecular flexibility index (Phi) is 6.23. The minimum Gasteiger partial charge on any atom is -0.371 e. The minimum atomic E-state index is -0.117. The summed E-state index contributed by atoms with van der Waals surface area (Å²) in [4.78, 5) is 24.3. The Hall–Kier alpha value is -3.58. The van der Waals surface area contributed by atoms with Crippen molar-refractivity contribution in [1.82, 2.24) is 19.3 Å². The van der Waals surface area contributed by atoms with Crippen LogP contribution in [-0.4, -0.2) is 51.5 Å². The first kappa shape index (κ1) is 22.9. The van der Waals surface area contributed by atoms with E-state index in [1.807, 2.05) is 28.8 Å². The smallest absolute Gasteiger partial charge is 0.248 e. The molecule has 0 bridgehead atoms. The molecule has 6 rings (SSSR count). The lowest BCUT2D eigenvalue weighted by Gasteiger charge is -2.42. The average Bonchev–Trinajstić information content (AvgIpc) is 3.41.